The van der Waals surface area contributed by atoms with Gasteiger partial charge in [0.25, 0.3) is 0 Å². The van der Waals surface area contributed by atoms with E-state index in [1.165, 1.54) is 5.32 Å². The molecule has 3 N–H and O–H groups in total. The molecule has 7 nitrogen and oxygen atoms in total. The molecular formula is C9H13F3N2O5S. The fourth-order valence-electron chi connectivity index (χ4n) is 1.06. The normalized spacial score (nSPS) is 14.2. The number of carbonyl (C=O) groups is 3. The number of rotatable bonds is 7. The SMILES string of the molecule is CC(=O)N[C@@H](CS(=O)CC(=O)NCC(F)(F)F)C(=O)O. The Morgan fingerprint density at radius 3 is 2.25 bits per heavy atom. The molecule has 11 heteroatoms. The van der Waals surface area contributed by atoms with Gasteiger partial charge in [-0.2, -0.15) is 13.2 Å². The summed E-state index contributed by atoms with van der Waals surface area (Å²) in [5, 5.41) is 12.2. The van der Waals surface area contributed by atoms with Gasteiger partial charge in [0.05, 0.1) is 5.75 Å². The van der Waals surface area contributed by atoms with Crippen LogP contribution in [-0.2, 0) is 25.2 Å². The van der Waals surface area contributed by atoms with Gasteiger partial charge in [-0.3, -0.25) is 13.8 Å². The molecule has 116 valence electrons. The molecule has 0 aliphatic carbocycles. The van der Waals surface area contributed by atoms with Gasteiger partial charge < -0.3 is 15.7 Å². The molecule has 0 fully saturated rings. The maximum absolute atomic E-state index is 11.8. The van der Waals surface area contributed by atoms with E-state index in [9.17, 15) is 31.8 Å². The predicted octanol–water partition coefficient (Wildman–Crippen LogP) is -0.997. The number of hydrogen-bond donors (Lipinski definition) is 3. The Balaban J connectivity index is 4.29. The summed E-state index contributed by atoms with van der Waals surface area (Å²) >= 11 is 0. The zero-order chi connectivity index (χ0) is 15.9. The van der Waals surface area contributed by atoms with E-state index in [4.69, 9.17) is 5.11 Å². The van der Waals surface area contributed by atoms with Gasteiger partial charge in [-0.05, 0) is 0 Å². The molecule has 0 aromatic carbocycles. The number of carbonyl (C=O) groups excluding carboxylic acids is 2. The number of halogens is 3. The van der Waals surface area contributed by atoms with E-state index < -0.39 is 58.9 Å². The molecule has 0 saturated heterocycles. The Bertz CT molecular complexity index is 413. The highest BCUT2D eigenvalue weighted by Gasteiger charge is 2.28. The van der Waals surface area contributed by atoms with E-state index in [1.54, 1.807) is 0 Å². The fourth-order valence-corrected chi connectivity index (χ4v) is 2.17. The highest BCUT2D eigenvalue weighted by molar-refractivity contribution is 7.85. The molecule has 0 aromatic rings. The first-order valence-electron chi connectivity index (χ1n) is 5.19. The lowest BCUT2D eigenvalue weighted by Crippen LogP contribution is -2.45. The zero-order valence-corrected chi connectivity index (χ0v) is 11.1. The number of aliphatic carboxylic acids is 1. The predicted molar refractivity (Wildman–Crippen MR) is 62.2 cm³/mol. The number of amides is 2. The van der Waals surface area contributed by atoms with Crippen molar-refractivity contribution in [3.8, 4) is 0 Å². The molecule has 0 aromatic heterocycles. The van der Waals surface area contributed by atoms with Gasteiger partial charge in [-0.25, -0.2) is 4.79 Å². The number of nitrogens with one attached hydrogen (secondary N) is 2. The summed E-state index contributed by atoms with van der Waals surface area (Å²) < 4.78 is 46.8. The van der Waals surface area contributed by atoms with Crippen LogP contribution in [0.4, 0.5) is 13.2 Å². The summed E-state index contributed by atoms with van der Waals surface area (Å²) in [5.41, 5.74) is 0. The van der Waals surface area contributed by atoms with E-state index in [2.05, 4.69) is 0 Å². The maximum Gasteiger partial charge on any atom is 0.405 e. The van der Waals surface area contributed by atoms with Crippen LogP contribution in [0, 0.1) is 0 Å². The van der Waals surface area contributed by atoms with Crippen LogP contribution in [0.3, 0.4) is 0 Å². The van der Waals surface area contributed by atoms with Crippen LogP contribution in [0.2, 0.25) is 0 Å². The largest absolute Gasteiger partial charge is 0.480 e. The highest BCUT2D eigenvalue weighted by Crippen LogP contribution is 2.11. The Hall–Kier alpha value is -1.65. The molecule has 0 radical (unpaired) electrons. The van der Waals surface area contributed by atoms with Crippen LogP contribution in [0.15, 0.2) is 0 Å². The second-order valence-corrected chi connectivity index (χ2v) is 5.24. The molecule has 20 heavy (non-hydrogen) atoms. The Kier molecular flexibility index (Phi) is 7.18. The molecule has 2 atom stereocenters. The number of alkyl halides is 3. The van der Waals surface area contributed by atoms with Crippen molar-refractivity contribution in [2.75, 3.05) is 18.1 Å². The van der Waals surface area contributed by atoms with E-state index in [1.807, 2.05) is 5.32 Å². The summed E-state index contributed by atoms with van der Waals surface area (Å²) in [6, 6.07) is -1.47. The lowest BCUT2D eigenvalue weighted by molar-refractivity contribution is -0.140. The van der Waals surface area contributed by atoms with E-state index in [0.29, 0.717) is 0 Å². The van der Waals surface area contributed by atoms with Crippen molar-refractivity contribution in [1.29, 1.82) is 0 Å². The molecule has 0 bridgehead atoms. The first kappa shape index (κ1) is 18.4. The van der Waals surface area contributed by atoms with Crippen LogP contribution >= 0.6 is 0 Å². The topological polar surface area (TPSA) is 113 Å². The first-order valence-corrected chi connectivity index (χ1v) is 6.68. The van der Waals surface area contributed by atoms with Gasteiger partial charge in [0.15, 0.2) is 0 Å². The van der Waals surface area contributed by atoms with Gasteiger partial charge in [0, 0.05) is 17.7 Å². The third-order valence-corrected chi connectivity index (χ3v) is 3.10. The molecule has 2 amide bonds. The minimum atomic E-state index is -4.59. The first-order chi connectivity index (χ1) is 9.01. The van der Waals surface area contributed by atoms with Crippen molar-refractivity contribution in [2.45, 2.75) is 19.1 Å². The highest BCUT2D eigenvalue weighted by atomic mass is 32.2. The molecule has 0 aliphatic rings. The summed E-state index contributed by atoms with van der Waals surface area (Å²) in [7, 11) is -2.02. The van der Waals surface area contributed by atoms with Gasteiger partial charge in [-0.15, -0.1) is 0 Å². The van der Waals surface area contributed by atoms with Gasteiger partial charge in [0.1, 0.15) is 18.3 Å². The van der Waals surface area contributed by atoms with Gasteiger partial charge >= 0.3 is 12.1 Å². The van der Waals surface area contributed by atoms with Gasteiger partial charge in [-0.1, -0.05) is 0 Å². The standard InChI is InChI=1S/C9H13F3N2O5S/c1-5(15)14-6(8(17)18)2-20(19)3-7(16)13-4-9(10,11)12/h6H,2-4H2,1H3,(H,13,16)(H,14,15)(H,17,18)/t6-,20?/m0/s1. The summed E-state index contributed by atoms with van der Waals surface area (Å²) in [5.74, 6) is -4.60. The minimum absolute atomic E-state index is 0.575. The minimum Gasteiger partial charge on any atom is -0.480 e. The molecule has 1 unspecified atom stereocenters. The summed E-state index contributed by atoms with van der Waals surface area (Å²) in [4.78, 5) is 32.4. The monoisotopic (exact) mass is 318 g/mol. The second-order valence-electron chi connectivity index (χ2n) is 3.73. The van der Waals surface area contributed by atoms with Crippen LogP contribution in [0.1, 0.15) is 6.92 Å². The molecule has 0 aliphatic heterocycles. The lowest BCUT2D eigenvalue weighted by atomic mass is 10.3. The zero-order valence-electron chi connectivity index (χ0n) is 10.3. The Morgan fingerprint density at radius 2 is 1.85 bits per heavy atom. The van der Waals surface area contributed by atoms with E-state index in [0.717, 1.165) is 6.92 Å². The van der Waals surface area contributed by atoms with Gasteiger partial charge in [0.2, 0.25) is 11.8 Å². The number of carboxylic acids is 1. The third-order valence-electron chi connectivity index (χ3n) is 1.81. The molecule has 0 heterocycles. The summed E-state index contributed by atoms with van der Waals surface area (Å²) in [6.45, 7) is -0.508. The van der Waals surface area contributed by atoms with Crippen molar-refractivity contribution >= 4 is 28.6 Å². The third kappa shape index (κ3) is 9.30. The van der Waals surface area contributed by atoms with Crippen molar-refractivity contribution in [2.24, 2.45) is 0 Å². The Labute approximate surface area is 114 Å². The molecular weight excluding hydrogens is 305 g/mol. The fraction of sp³-hybridized carbons (Fsp3) is 0.667. The van der Waals surface area contributed by atoms with Crippen molar-refractivity contribution in [1.82, 2.24) is 10.6 Å². The smallest absolute Gasteiger partial charge is 0.405 e. The quantitative estimate of drug-likeness (QED) is 0.557. The second kappa shape index (κ2) is 7.82. The molecule has 0 rings (SSSR count). The Morgan fingerprint density at radius 1 is 1.30 bits per heavy atom. The molecule has 0 spiro atoms. The average molecular weight is 318 g/mol. The number of carboxylic acid groups (broad SMARTS) is 1. The maximum atomic E-state index is 11.8. The van der Waals surface area contributed by atoms with Crippen molar-refractivity contribution in [3.05, 3.63) is 0 Å². The van der Waals surface area contributed by atoms with E-state index >= 15 is 0 Å². The van der Waals surface area contributed by atoms with Crippen LogP contribution in [0.5, 0.6) is 0 Å². The van der Waals surface area contributed by atoms with Crippen LogP contribution < -0.4 is 10.6 Å². The number of hydrogen-bond acceptors (Lipinski definition) is 4. The van der Waals surface area contributed by atoms with Crippen molar-refractivity contribution in [3.63, 3.8) is 0 Å². The van der Waals surface area contributed by atoms with Crippen LogP contribution in [-0.4, -0.2) is 57.4 Å². The summed E-state index contributed by atoms with van der Waals surface area (Å²) in [6.07, 6.45) is -4.59. The van der Waals surface area contributed by atoms with Crippen molar-refractivity contribution < 1.29 is 36.9 Å². The lowest BCUT2D eigenvalue weighted by Gasteiger charge is -2.13. The van der Waals surface area contributed by atoms with Crippen LogP contribution in [0.25, 0.3) is 0 Å². The average Bonchev–Trinajstić information content (AvgIpc) is 2.23. The van der Waals surface area contributed by atoms with E-state index in [-0.39, 0.29) is 0 Å². The molecule has 0 saturated carbocycles.